The minimum atomic E-state index is 0.116. The van der Waals surface area contributed by atoms with Crippen LogP contribution >= 0.6 is 0 Å². The zero-order valence-corrected chi connectivity index (χ0v) is 16.1. The van der Waals surface area contributed by atoms with Gasteiger partial charge in [0.2, 0.25) is 5.91 Å². The number of rotatable bonds is 3. The van der Waals surface area contributed by atoms with Crippen LogP contribution in [0.3, 0.4) is 0 Å². The quantitative estimate of drug-likeness (QED) is 0.894. The van der Waals surface area contributed by atoms with Crippen molar-refractivity contribution in [2.75, 3.05) is 13.1 Å². The van der Waals surface area contributed by atoms with Gasteiger partial charge in [0.05, 0.1) is 5.56 Å². The van der Waals surface area contributed by atoms with E-state index in [1.165, 1.54) is 5.56 Å². The Balaban J connectivity index is 1.45. The molecule has 5 nitrogen and oxygen atoms in total. The van der Waals surface area contributed by atoms with Gasteiger partial charge in [0.25, 0.3) is 5.91 Å². The van der Waals surface area contributed by atoms with Crippen molar-refractivity contribution >= 4 is 11.8 Å². The number of fused-ring (bicyclic) bond motifs is 4. The first-order chi connectivity index (χ1) is 13.7. The highest BCUT2D eigenvalue weighted by molar-refractivity contribution is 5.94. The predicted octanol–water partition coefficient (Wildman–Crippen LogP) is 3.10. The maximum atomic E-state index is 13.0. The van der Waals surface area contributed by atoms with Crippen molar-refractivity contribution in [2.45, 2.75) is 44.2 Å². The van der Waals surface area contributed by atoms with Gasteiger partial charge in [-0.25, -0.2) is 0 Å². The molecule has 0 unspecified atom stereocenters. The van der Waals surface area contributed by atoms with E-state index in [1.54, 1.807) is 12.4 Å². The number of nitrogens with one attached hydrogen (secondary N) is 1. The van der Waals surface area contributed by atoms with Crippen LogP contribution in [0.2, 0.25) is 0 Å². The van der Waals surface area contributed by atoms with Gasteiger partial charge in [-0.2, -0.15) is 0 Å². The fourth-order valence-corrected chi connectivity index (χ4v) is 5.70. The summed E-state index contributed by atoms with van der Waals surface area (Å²) in [5.74, 6) is 1.18. The number of aromatic amines is 1. The molecule has 1 aromatic heterocycles. The monoisotopic (exact) mass is 377 g/mol. The highest BCUT2D eigenvalue weighted by Crippen LogP contribution is 2.42. The number of benzene rings is 1. The van der Waals surface area contributed by atoms with E-state index < -0.39 is 0 Å². The van der Waals surface area contributed by atoms with Gasteiger partial charge in [-0.3, -0.25) is 9.59 Å². The van der Waals surface area contributed by atoms with Gasteiger partial charge in [0.15, 0.2) is 0 Å². The molecule has 28 heavy (non-hydrogen) atoms. The van der Waals surface area contributed by atoms with Crippen LogP contribution in [0.4, 0.5) is 0 Å². The van der Waals surface area contributed by atoms with Gasteiger partial charge >= 0.3 is 0 Å². The lowest BCUT2D eigenvalue weighted by molar-refractivity contribution is -0.151. The van der Waals surface area contributed by atoms with E-state index in [1.807, 2.05) is 17.0 Å². The normalized spacial score (nSPS) is 29.5. The van der Waals surface area contributed by atoms with Crippen LogP contribution in [0.1, 0.15) is 41.6 Å². The molecule has 3 saturated heterocycles. The third-order valence-corrected chi connectivity index (χ3v) is 6.92. The molecule has 146 valence electrons. The number of aromatic nitrogens is 1. The Hall–Kier alpha value is -2.56. The molecule has 5 heteroatoms. The van der Waals surface area contributed by atoms with Gasteiger partial charge in [-0.1, -0.05) is 30.3 Å². The number of hydrogen-bond acceptors (Lipinski definition) is 2. The Morgan fingerprint density at radius 3 is 2.71 bits per heavy atom. The second-order valence-electron chi connectivity index (χ2n) is 8.58. The van der Waals surface area contributed by atoms with E-state index in [9.17, 15) is 9.59 Å². The first-order valence-corrected chi connectivity index (χ1v) is 10.5. The average Bonchev–Trinajstić information content (AvgIpc) is 3.26. The molecule has 4 atom stereocenters. The number of carbonyl (C=O) groups is 2. The molecule has 3 fully saturated rings. The Morgan fingerprint density at radius 2 is 1.93 bits per heavy atom. The van der Waals surface area contributed by atoms with E-state index in [4.69, 9.17) is 0 Å². The molecular weight excluding hydrogens is 350 g/mol. The molecule has 0 saturated carbocycles. The van der Waals surface area contributed by atoms with E-state index in [0.717, 1.165) is 44.3 Å². The lowest BCUT2D eigenvalue weighted by Gasteiger charge is -2.56. The highest BCUT2D eigenvalue weighted by atomic mass is 16.2. The van der Waals surface area contributed by atoms with Gasteiger partial charge in [0, 0.05) is 44.0 Å². The molecule has 5 rings (SSSR count). The van der Waals surface area contributed by atoms with Crippen LogP contribution in [0.5, 0.6) is 0 Å². The van der Waals surface area contributed by atoms with Crippen molar-refractivity contribution in [2.24, 2.45) is 11.8 Å². The minimum Gasteiger partial charge on any atom is -0.367 e. The maximum absolute atomic E-state index is 13.0. The van der Waals surface area contributed by atoms with Crippen molar-refractivity contribution in [1.82, 2.24) is 14.8 Å². The molecule has 0 radical (unpaired) electrons. The standard InChI is InChI=1S/C23H27N3O2/c27-22-8-4-7-20-18-12-19(15-25(14-18)23(28)17-9-10-24-13-17)21(26(20)22)11-16-5-2-1-3-6-16/h1-3,5-6,9-10,13,18-21,24H,4,7-8,11-12,14-15H2/t18-,19+,20+,21+/m1/s1. The van der Waals surface area contributed by atoms with Gasteiger partial charge in [0.1, 0.15) is 0 Å². The first-order valence-electron chi connectivity index (χ1n) is 10.5. The largest absolute Gasteiger partial charge is 0.367 e. The van der Waals surface area contributed by atoms with E-state index in [-0.39, 0.29) is 18.0 Å². The van der Waals surface area contributed by atoms with Crippen molar-refractivity contribution in [3.8, 4) is 0 Å². The van der Waals surface area contributed by atoms with Crippen molar-refractivity contribution < 1.29 is 9.59 Å². The second kappa shape index (κ2) is 7.12. The molecule has 0 spiro atoms. The molecule has 3 aliphatic rings. The molecule has 3 aliphatic heterocycles. The highest BCUT2D eigenvalue weighted by Gasteiger charge is 2.49. The van der Waals surface area contributed by atoms with Crippen LogP contribution in [-0.4, -0.2) is 51.8 Å². The summed E-state index contributed by atoms with van der Waals surface area (Å²) in [6.07, 6.45) is 8.32. The zero-order valence-electron chi connectivity index (χ0n) is 16.1. The number of carbonyl (C=O) groups excluding carboxylic acids is 2. The van der Waals surface area contributed by atoms with Crippen LogP contribution in [0, 0.1) is 11.8 Å². The molecular formula is C23H27N3O2. The number of amides is 2. The van der Waals surface area contributed by atoms with Gasteiger partial charge < -0.3 is 14.8 Å². The summed E-state index contributed by atoms with van der Waals surface area (Å²) in [5.41, 5.74) is 2.01. The Labute approximate surface area is 165 Å². The van der Waals surface area contributed by atoms with Gasteiger partial charge in [-0.05, 0) is 49.1 Å². The summed E-state index contributed by atoms with van der Waals surface area (Å²) < 4.78 is 0. The molecule has 2 bridgehead atoms. The maximum Gasteiger partial charge on any atom is 0.255 e. The van der Waals surface area contributed by atoms with Crippen molar-refractivity contribution in [3.63, 3.8) is 0 Å². The Morgan fingerprint density at radius 1 is 1.11 bits per heavy atom. The SMILES string of the molecule is O=C(c1cc[nH]c1)N1C[C@H]2C[C@@H](C1)[C@H](Cc1ccccc1)N1C(=O)CCC[C@@H]21. The summed E-state index contributed by atoms with van der Waals surface area (Å²) in [6, 6.07) is 12.8. The predicted molar refractivity (Wildman–Crippen MR) is 107 cm³/mol. The summed E-state index contributed by atoms with van der Waals surface area (Å²) in [7, 11) is 0. The number of likely N-dealkylation sites (tertiary alicyclic amines) is 1. The third kappa shape index (κ3) is 3.03. The van der Waals surface area contributed by atoms with Gasteiger partial charge in [-0.15, -0.1) is 0 Å². The molecule has 0 aliphatic carbocycles. The van der Waals surface area contributed by atoms with Crippen LogP contribution in [-0.2, 0) is 11.2 Å². The van der Waals surface area contributed by atoms with E-state index in [2.05, 4.69) is 34.1 Å². The Kier molecular flexibility index (Phi) is 4.46. The van der Waals surface area contributed by atoms with Crippen LogP contribution in [0.25, 0.3) is 0 Å². The molecule has 2 aromatic rings. The van der Waals surface area contributed by atoms with E-state index in [0.29, 0.717) is 24.2 Å². The summed E-state index contributed by atoms with van der Waals surface area (Å²) in [6.45, 7) is 1.52. The summed E-state index contributed by atoms with van der Waals surface area (Å²) in [5, 5.41) is 0. The van der Waals surface area contributed by atoms with E-state index >= 15 is 0 Å². The number of piperidine rings is 3. The lowest BCUT2D eigenvalue weighted by atomic mass is 9.70. The number of hydrogen-bond donors (Lipinski definition) is 1. The molecule has 2 amide bonds. The first kappa shape index (κ1) is 17.5. The fraction of sp³-hybridized carbons (Fsp3) is 0.478. The third-order valence-electron chi connectivity index (χ3n) is 6.92. The fourth-order valence-electron chi connectivity index (χ4n) is 5.70. The van der Waals surface area contributed by atoms with Crippen LogP contribution in [0.15, 0.2) is 48.8 Å². The second-order valence-corrected chi connectivity index (χ2v) is 8.58. The summed E-state index contributed by atoms with van der Waals surface area (Å²) >= 11 is 0. The number of nitrogens with zero attached hydrogens (tertiary/aromatic N) is 2. The molecule has 4 heterocycles. The summed E-state index contributed by atoms with van der Waals surface area (Å²) in [4.78, 5) is 33.2. The van der Waals surface area contributed by atoms with Crippen molar-refractivity contribution in [1.29, 1.82) is 0 Å². The zero-order chi connectivity index (χ0) is 19.1. The van der Waals surface area contributed by atoms with Crippen molar-refractivity contribution in [3.05, 3.63) is 59.9 Å². The topological polar surface area (TPSA) is 56.4 Å². The lowest BCUT2D eigenvalue weighted by Crippen LogP contribution is -2.66. The Bertz CT molecular complexity index is 848. The average molecular weight is 377 g/mol. The van der Waals surface area contributed by atoms with Crippen LogP contribution < -0.4 is 0 Å². The minimum absolute atomic E-state index is 0.116. The molecule has 1 aromatic carbocycles. The smallest absolute Gasteiger partial charge is 0.255 e. The number of H-pyrrole nitrogens is 1. The molecule has 1 N–H and O–H groups in total.